The molecule has 1 nitrogen and oxygen atoms in total. The SMILES string of the molecule is CC(O)CC(C)(C)CCCC(C)(C)C. The van der Waals surface area contributed by atoms with Crippen molar-refractivity contribution >= 4 is 0 Å². The summed E-state index contributed by atoms with van der Waals surface area (Å²) in [6.07, 6.45) is 4.51. The lowest BCUT2D eigenvalue weighted by Crippen LogP contribution is -2.19. The third kappa shape index (κ3) is 8.55. The monoisotopic (exact) mass is 200 g/mol. The van der Waals surface area contributed by atoms with E-state index in [9.17, 15) is 5.11 Å². The van der Waals surface area contributed by atoms with Crippen molar-refractivity contribution < 1.29 is 5.11 Å². The molecular formula is C13H28O. The second-order valence-corrected chi connectivity index (χ2v) is 6.63. The van der Waals surface area contributed by atoms with Crippen LogP contribution in [-0.2, 0) is 0 Å². The van der Waals surface area contributed by atoms with Gasteiger partial charge < -0.3 is 5.11 Å². The maximum Gasteiger partial charge on any atom is 0.0517 e. The van der Waals surface area contributed by atoms with Crippen LogP contribution in [0, 0.1) is 10.8 Å². The van der Waals surface area contributed by atoms with Crippen LogP contribution in [0.3, 0.4) is 0 Å². The fraction of sp³-hybridized carbons (Fsp3) is 1.00. The lowest BCUT2D eigenvalue weighted by atomic mass is 9.79. The molecule has 0 spiro atoms. The van der Waals surface area contributed by atoms with Gasteiger partial charge in [-0.15, -0.1) is 0 Å². The lowest BCUT2D eigenvalue weighted by molar-refractivity contribution is 0.121. The third-order valence-corrected chi connectivity index (χ3v) is 2.63. The minimum Gasteiger partial charge on any atom is -0.393 e. The van der Waals surface area contributed by atoms with Gasteiger partial charge in [-0.1, -0.05) is 41.0 Å². The molecule has 14 heavy (non-hydrogen) atoms. The molecule has 1 heteroatoms. The fourth-order valence-corrected chi connectivity index (χ4v) is 2.00. The van der Waals surface area contributed by atoms with Crippen LogP contribution >= 0.6 is 0 Å². The molecule has 0 amide bonds. The summed E-state index contributed by atoms with van der Waals surface area (Å²) in [6, 6.07) is 0. The van der Waals surface area contributed by atoms with Crippen molar-refractivity contribution in [2.24, 2.45) is 10.8 Å². The molecule has 1 atom stereocenters. The summed E-state index contributed by atoms with van der Waals surface area (Å²) >= 11 is 0. The van der Waals surface area contributed by atoms with Crippen molar-refractivity contribution in [2.75, 3.05) is 0 Å². The molecular weight excluding hydrogens is 172 g/mol. The normalized spacial score (nSPS) is 15.6. The molecule has 0 aromatic heterocycles. The Morgan fingerprint density at radius 2 is 1.50 bits per heavy atom. The molecule has 1 unspecified atom stereocenters. The summed E-state index contributed by atoms with van der Waals surface area (Å²) in [5.74, 6) is 0. The standard InChI is InChI=1S/C13H28O/c1-11(14)10-13(5,6)9-7-8-12(2,3)4/h11,14H,7-10H2,1-6H3. The number of hydrogen-bond acceptors (Lipinski definition) is 1. The molecule has 0 aromatic carbocycles. The lowest BCUT2D eigenvalue weighted by Gasteiger charge is -2.28. The third-order valence-electron chi connectivity index (χ3n) is 2.63. The van der Waals surface area contributed by atoms with Gasteiger partial charge in [0.25, 0.3) is 0 Å². The predicted molar refractivity (Wildman–Crippen MR) is 63.4 cm³/mol. The van der Waals surface area contributed by atoms with Crippen molar-refractivity contribution in [1.82, 2.24) is 0 Å². The smallest absolute Gasteiger partial charge is 0.0517 e. The van der Waals surface area contributed by atoms with Gasteiger partial charge in [0.05, 0.1) is 6.10 Å². The van der Waals surface area contributed by atoms with Crippen LogP contribution < -0.4 is 0 Å². The molecule has 0 aliphatic carbocycles. The maximum atomic E-state index is 9.35. The Morgan fingerprint density at radius 1 is 1.00 bits per heavy atom. The summed E-state index contributed by atoms with van der Waals surface area (Å²) in [7, 11) is 0. The Morgan fingerprint density at radius 3 is 1.86 bits per heavy atom. The van der Waals surface area contributed by atoms with Crippen LogP contribution in [0.5, 0.6) is 0 Å². The van der Waals surface area contributed by atoms with E-state index in [0.29, 0.717) is 10.8 Å². The Kier molecular flexibility index (Phi) is 5.14. The Hall–Kier alpha value is -0.0400. The fourth-order valence-electron chi connectivity index (χ4n) is 2.00. The highest BCUT2D eigenvalue weighted by Gasteiger charge is 2.21. The van der Waals surface area contributed by atoms with Gasteiger partial charge in [-0.05, 0) is 37.0 Å². The number of rotatable bonds is 5. The zero-order valence-electron chi connectivity index (χ0n) is 10.9. The highest BCUT2D eigenvalue weighted by molar-refractivity contribution is 4.73. The average Bonchev–Trinajstić information content (AvgIpc) is 1.78. The van der Waals surface area contributed by atoms with E-state index in [1.165, 1.54) is 19.3 Å². The highest BCUT2D eigenvalue weighted by atomic mass is 16.3. The zero-order valence-corrected chi connectivity index (χ0v) is 10.9. The van der Waals surface area contributed by atoms with E-state index in [1.54, 1.807) is 0 Å². The molecule has 0 bridgehead atoms. The van der Waals surface area contributed by atoms with Crippen LogP contribution in [0.2, 0.25) is 0 Å². The van der Waals surface area contributed by atoms with Gasteiger partial charge in [0.15, 0.2) is 0 Å². The van der Waals surface area contributed by atoms with Crippen molar-refractivity contribution in [3.05, 3.63) is 0 Å². The summed E-state index contributed by atoms with van der Waals surface area (Å²) in [6.45, 7) is 13.2. The average molecular weight is 200 g/mol. The molecule has 0 heterocycles. The molecule has 0 aliphatic heterocycles. The van der Waals surface area contributed by atoms with Gasteiger partial charge in [-0.2, -0.15) is 0 Å². The zero-order chi connectivity index (χ0) is 11.4. The van der Waals surface area contributed by atoms with Crippen LogP contribution in [0.4, 0.5) is 0 Å². The Bertz CT molecular complexity index is 151. The van der Waals surface area contributed by atoms with Gasteiger partial charge in [0, 0.05) is 0 Å². The minimum atomic E-state index is -0.167. The molecule has 0 radical (unpaired) electrons. The van der Waals surface area contributed by atoms with Crippen molar-refractivity contribution in [3.8, 4) is 0 Å². The Labute approximate surface area is 89.9 Å². The van der Waals surface area contributed by atoms with Gasteiger partial charge >= 0.3 is 0 Å². The number of hydrogen-bond donors (Lipinski definition) is 1. The van der Waals surface area contributed by atoms with Crippen LogP contribution in [0.1, 0.15) is 67.2 Å². The molecule has 0 fully saturated rings. The molecule has 1 N–H and O–H groups in total. The van der Waals surface area contributed by atoms with E-state index in [4.69, 9.17) is 0 Å². The van der Waals surface area contributed by atoms with Crippen molar-refractivity contribution in [1.29, 1.82) is 0 Å². The molecule has 0 aromatic rings. The molecule has 0 saturated heterocycles. The first-order valence-corrected chi connectivity index (χ1v) is 5.80. The Balaban J connectivity index is 3.76. The molecule has 0 rings (SSSR count). The van der Waals surface area contributed by atoms with E-state index >= 15 is 0 Å². The second kappa shape index (κ2) is 5.16. The van der Waals surface area contributed by atoms with Crippen LogP contribution in [-0.4, -0.2) is 11.2 Å². The van der Waals surface area contributed by atoms with E-state index < -0.39 is 0 Å². The quantitative estimate of drug-likeness (QED) is 0.711. The van der Waals surface area contributed by atoms with Crippen LogP contribution in [0.15, 0.2) is 0 Å². The van der Waals surface area contributed by atoms with Crippen LogP contribution in [0.25, 0.3) is 0 Å². The largest absolute Gasteiger partial charge is 0.393 e. The maximum absolute atomic E-state index is 9.35. The summed E-state index contributed by atoms with van der Waals surface area (Å²) in [4.78, 5) is 0. The molecule has 86 valence electrons. The highest BCUT2D eigenvalue weighted by Crippen LogP contribution is 2.31. The van der Waals surface area contributed by atoms with E-state index in [0.717, 1.165) is 6.42 Å². The number of aliphatic hydroxyl groups is 1. The first-order valence-electron chi connectivity index (χ1n) is 5.80. The molecule has 0 saturated carbocycles. The minimum absolute atomic E-state index is 0.167. The van der Waals surface area contributed by atoms with Gasteiger partial charge in [0.1, 0.15) is 0 Å². The van der Waals surface area contributed by atoms with Gasteiger partial charge in [0.2, 0.25) is 0 Å². The first-order chi connectivity index (χ1) is 6.12. The van der Waals surface area contributed by atoms with Crippen molar-refractivity contribution in [2.45, 2.75) is 73.3 Å². The molecule has 0 aliphatic rings. The summed E-state index contributed by atoms with van der Waals surface area (Å²) in [5, 5.41) is 9.35. The van der Waals surface area contributed by atoms with E-state index in [-0.39, 0.29) is 6.10 Å². The second-order valence-electron chi connectivity index (χ2n) is 6.63. The van der Waals surface area contributed by atoms with E-state index in [2.05, 4.69) is 34.6 Å². The van der Waals surface area contributed by atoms with Crippen molar-refractivity contribution in [3.63, 3.8) is 0 Å². The van der Waals surface area contributed by atoms with Gasteiger partial charge in [-0.25, -0.2) is 0 Å². The predicted octanol–water partition coefficient (Wildman–Crippen LogP) is 4.00. The van der Waals surface area contributed by atoms with Gasteiger partial charge in [-0.3, -0.25) is 0 Å². The first kappa shape index (κ1) is 14.0. The summed E-state index contributed by atoms with van der Waals surface area (Å²) in [5.41, 5.74) is 0.736. The van der Waals surface area contributed by atoms with E-state index in [1.807, 2.05) is 6.92 Å². The summed E-state index contributed by atoms with van der Waals surface area (Å²) < 4.78 is 0. The number of aliphatic hydroxyl groups excluding tert-OH is 1. The topological polar surface area (TPSA) is 20.2 Å².